The highest BCUT2D eigenvalue weighted by Gasteiger charge is 2.16. The third-order valence-corrected chi connectivity index (χ3v) is 4.07. The lowest BCUT2D eigenvalue weighted by atomic mass is 10.0. The summed E-state index contributed by atoms with van der Waals surface area (Å²) >= 11 is 0. The van der Waals surface area contributed by atoms with Gasteiger partial charge < -0.3 is 10.2 Å². The average Bonchev–Trinajstić information content (AvgIpc) is 2.44. The molecular weight excluding hydrogens is 232 g/mol. The Labute approximate surface area is 119 Å². The van der Waals surface area contributed by atoms with E-state index in [4.69, 9.17) is 0 Å². The summed E-state index contributed by atoms with van der Waals surface area (Å²) in [5.74, 6) is 0.773. The molecule has 0 aliphatic carbocycles. The van der Waals surface area contributed by atoms with Crippen molar-refractivity contribution in [2.24, 2.45) is 5.92 Å². The van der Waals surface area contributed by atoms with E-state index in [-0.39, 0.29) is 0 Å². The number of likely N-dealkylation sites (N-methyl/N-ethyl adjacent to an activating group) is 2. The van der Waals surface area contributed by atoms with Crippen molar-refractivity contribution < 1.29 is 0 Å². The fourth-order valence-corrected chi connectivity index (χ4v) is 2.48. The SMILES string of the molecule is CCC(C)CN(CC)CC(NC)c1ccccc1C. The Morgan fingerprint density at radius 3 is 2.37 bits per heavy atom. The van der Waals surface area contributed by atoms with Crippen LogP contribution in [0, 0.1) is 12.8 Å². The van der Waals surface area contributed by atoms with E-state index < -0.39 is 0 Å². The summed E-state index contributed by atoms with van der Waals surface area (Å²) in [6, 6.07) is 9.11. The Bertz CT molecular complexity index is 362. The standard InChI is InChI=1S/C17H30N2/c1-6-14(3)12-19(7-2)13-17(18-5)16-11-9-8-10-15(16)4/h8-11,14,17-18H,6-7,12-13H2,1-5H3. The molecule has 2 atom stereocenters. The zero-order valence-corrected chi connectivity index (χ0v) is 13.2. The van der Waals surface area contributed by atoms with Gasteiger partial charge in [-0.05, 0) is 37.6 Å². The summed E-state index contributed by atoms with van der Waals surface area (Å²) in [5, 5.41) is 3.47. The minimum Gasteiger partial charge on any atom is -0.312 e. The molecule has 0 spiro atoms. The van der Waals surface area contributed by atoms with Crippen molar-refractivity contribution in [3.8, 4) is 0 Å². The molecule has 108 valence electrons. The average molecular weight is 262 g/mol. The summed E-state index contributed by atoms with van der Waals surface area (Å²) in [6.45, 7) is 12.5. The molecule has 1 rings (SSSR count). The number of nitrogens with one attached hydrogen (secondary N) is 1. The van der Waals surface area contributed by atoms with Crippen molar-refractivity contribution in [1.29, 1.82) is 0 Å². The van der Waals surface area contributed by atoms with Gasteiger partial charge in [0, 0.05) is 19.1 Å². The number of hydrogen-bond donors (Lipinski definition) is 1. The van der Waals surface area contributed by atoms with E-state index in [1.54, 1.807) is 0 Å². The van der Waals surface area contributed by atoms with E-state index in [1.165, 1.54) is 24.1 Å². The van der Waals surface area contributed by atoms with Gasteiger partial charge in [-0.2, -0.15) is 0 Å². The molecule has 0 aromatic heterocycles. The summed E-state index contributed by atoms with van der Waals surface area (Å²) < 4.78 is 0. The lowest BCUT2D eigenvalue weighted by Gasteiger charge is -2.29. The Kier molecular flexibility index (Phi) is 7.11. The van der Waals surface area contributed by atoms with Gasteiger partial charge in [-0.15, -0.1) is 0 Å². The topological polar surface area (TPSA) is 15.3 Å². The Morgan fingerprint density at radius 1 is 1.16 bits per heavy atom. The van der Waals surface area contributed by atoms with E-state index in [2.05, 4.69) is 69.2 Å². The van der Waals surface area contributed by atoms with Gasteiger partial charge in [0.1, 0.15) is 0 Å². The van der Waals surface area contributed by atoms with Gasteiger partial charge in [-0.25, -0.2) is 0 Å². The fourth-order valence-electron chi connectivity index (χ4n) is 2.48. The Balaban J connectivity index is 2.72. The first kappa shape index (κ1) is 16.2. The quantitative estimate of drug-likeness (QED) is 0.769. The smallest absolute Gasteiger partial charge is 0.0449 e. The van der Waals surface area contributed by atoms with E-state index in [9.17, 15) is 0 Å². The van der Waals surface area contributed by atoms with E-state index in [0.717, 1.165) is 19.0 Å². The molecule has 2 heteroatoms. The van der Waals surface area contributed by atoms with Crippen LogP contribution in [0.15, 0.2) is 24.3 Å². The maximum atomic E-state index is 3.47. The van der Waals surface area contributed by atoms with Crippen molar-refractivity contribution in [3.05, 3.63) is 35.4 Å². The predicted octanol–water partition coefficient (Wildman–Crippen LogP) is 3.62. The number of hydrogen-bond acceptors (Lipinski definition) is 2. The number of nitrogens with zero attached hydrogens (tertiary/aromatic N) is 1. The zero-order chi connectivity index (χ0) is 14.3. The number of benzene rings is 1. The Hall–Kier alpha value is -0.860. The van der Waals surface area contributed by atoms with Gasteiger partial charge in [0.15, 0.2) is 0 Å². The van der Waals surface area contributed by atoms with Gasteiger partial charge in [-0.1, -0.05) is 51.5 Å². The van der Waals surface area contributed by atoms with Crippen molar-refractivity contribution in [1.82, 2.24) is 10.2 Å². The molecule has 0 saturated carbocycles. The first-order valence-electron chi connectivity index (χ1n) is 7.57. The van der Waals surface area contributed by atoms with Gasteiger partial charge in [0.25, 0.3) is 0 Å². The minimum atomic E-state index is 0.421. The molecule has 1 aromatic rings. The van der Waals surface area contributed by atoms with Crippen LogP contribution in [0.4, 0.5) is 0 Å². The maximum absolute atomic E-state index is 3.47. The monoisotopic (exact) mass is 262 g/mol. The normalized spacial score (nSPS) is 14.6. The molecule has 0 saturated heterocycles. The summed E-state index contributed by atoms with van der Waals surface area (Å²) in [6.07, 6.45) is 1.26. The molecule has 0 aliphatic heterocycles. The molecule has 1 aromatic carbocycles. The molecule has 1 N–H and O–H groups in total. The van der Waals surface area contributed by atoms with Crippen LogP contribution in [0.1, 0.15) is 44.4 Å². The van der Waals surface area contributed by atoms with Gasteiger partial charge in [-0.3, -0.25) is 0 Å². The third-order valence-electron chi connectivity index (χ3n) is 4.07. The van der Waals surface area contributed by atoms with Crippen LogP contribution >= 0.6 is 0 Å². The highest BCUT2D eigenvalue weighted by atomic mass is 15.1. The largest absolute Gasteiger partial charge is 0.312 e. The van der Waals surface area contributed by atoms with Gasteiger partial charge >= 0.3 is 0 Å². The summed E-state index contributed by atoms with van der Waals surface area (Å²) in [5.41, 5.74) is 2.80. The highest BCUT2D eigenvalue weighted by Crippen LogP contribution is 2.19. The van der Waals surface area contributed by atoms with Crippen LogP contribution in [0.2, 0.25) is 0 Å². The first-order chi connectivity index (χ1) is 9.12. The highest BCUT2D eigenvalue weighted by molar-refractivity contribution is 5.28. The van der Waals surface area contributed by atoms with Crippen molar-refractivity contribution in [3.63, 3.8) is 0 Å². The molecule has 0 heterocycles. The number of rotatable bonds is 8. The third kappa shape index (κ3) is 4.96. The van der Waals surface area contributed by atoms with E-state index >= 15 is 0 Å². The zero-order valence-electron chi connectivity index (χ0n) is 13.2. The molecule has 2 unspecified atom stereocenters. The second-order valence-electron chi connectivity index (χ2n) is 5.56. The Morgan fingerprint density at radius 2 is 1.84 bits per heavy atom. The molecule has 0 fully saturated rings. The minimum absolute atomic E-state index is 0.421. The molecular formula is C17H30N2. The van der Waals surface area contributed by atoms with Crippen LogP contribution in [-0.2, 0) is 0 Å². The summed E-state index contributed by atoms with van der Waals surface area (Å²) in [7, 11) is 2.06. The van der Waals surface area contributed by atoms with Crippen LogP contribution in [0.3, 0.4) is 0 Å². The van der Waals surface area contributed by atoms with Crippen molar-refractivity contribution >= 4 is 0 Å². The molecule has 0 bridgehead atoms. The maximum Gasteiger partial charge on any atom is 0.0449 e. The fraction of sp³-hybridized carbons (Fsp3) is 0.647. The van der Waals surface area contributed by atoms with Gasteiger partial charge in [0.05, 0.1) is 0 Å². The molecule has 2 nitrogen and oxygen atoms in total. The van der Waals surface area contributed by atoms with Crippen LogP contribution in [0.5, 0.6) is 0 Å². The first-order valence-corrected chi connectivity index (χ1v) is 7.57. The summed E-state index contributed by atoms with van der Waals surface area (Å²) in [4.78, 5) is 2.56. The number of aryl methyl sites for hydroxylation is 1. The van der Waals surface area contributed by atoms with Crippen molar-refractivity contribution in [2.75, 3.05) is 26.7 Å². The predicted molar refractivity (Wildman–Crippen MR) is 84.5 cm³/mol. The van der Waals surface area contributed by atoms with Crippen molar-refractivity contribution in [2.45, 2.75) is 40.2 Å². The van der Waals surface area contributed by atoms with Crippen LogP contribution in [0.25, 0.3) is 0 Å². The molecule has 0 aliphatic rings. The second-order valence-corrected chi connectivity index (χ2v) is 5.56. The van der Waals surface area contributed by atoms with Crippen LogP contribution < -0.4 is 5.32 Å². The van der Waals surface area contributed by atoms with Gasteiger partial charge in [0.2, 0.25) is 0 Å². The van der Waals surface area contributed by atoms with E-state index in [1.807, 2.05) is 0 Å². The lowest BCUT2D eigenvalue weighted by Crippen LogP contribution is -2.36. The molecule has 0 amide bonds. The lowest BCUT2D eigenvalue weighted by molar-refractivity contribution is 0.223. The molecule has 0 radical (unpaired) electrons. The molecule has 19 heavy (non-hydrogen) atoms. The second kappa shape index (κ2) is 8.34. The van der Waals surface area contributed by atoms with Crippen LogP contribution in [-0.4, -0.2) is 31.6 Å². The van der Waals surface area contributed by atoms with E-state index in [0.29, 0.717) is 6.04 Å².